The Hall–Kier alpha value is -4.40. The minimum absolute atomic E-state index is 0.221. The summed E-state index contributed by atoms with van der Waals surface area (Å²) in [6.07, 6.45) is 0.937. The molecule has 0 radical (unpaired) electrons. The molecule has 39 heavy (non-hydrogen) atoms. The molecule has 7 aromatic rings. The van der Waals surface area contributed by atoms with Gasteiger partial charge in [-0.15, -0.1) is 0 Å². The number of hydrogen-bond donors (Lipinski definition) is 0. The standard InChI is InChI=1S/C37H23FS/c38-29-19-27(18-28(20-29)24-13-14-26-17-25-7-1-6-12-36(25)39-37(26)22-24)23-15-16-34-32-10-3-2-8-30(32)31-9-4-5-11-33(31)35(34)21-23/h1-16,18-22H,17H2. The summed E-state index contributed by atoms with van der Waals surface area (Å²) in [5, 5.41) is 7.37. The predicted molar refractivity (Wildman–Crippen MR) is 163 cm³/mol. The van der Waals surface area contributed by atoms with Crippen LogP contribution in [0, 0.1) is 5.82 Å². The van der Waals surface area contributed by atoms with Crippen LogP contribution in [0.15, 0.2) is 137 Å². The van der Waals surface area contributed by atoms with Crippen molar-refractivity contribution in [3.8, 4) is 22.3 Å². The van der Waals surface area contributed by atoms with Crippen molar-refractivity contribution >= 4 is 44.1 Å². The summed E-state index contributed by atoms with van der Waals surface area (Å²) in [6.45, 7) is 0. The topological polar surface area (TPSA) is 0 Å². The molecule has 0 saturated carbocycles. The summed E-state index contributed by atoms with van der Waals surface area (Å²) < 4.78 is 15.1. The highest BCUT2D eigenvalue weighted by atomic mass is 32.2. The molecule has 0 atom stereocenters. The van der Waals surface area contributed by atoms with E-state index in [0.29, 0.717) is 0 Å². The SMILES string of the molecule is Fc1cc(-c2ccc3c(c2)Sc2ccccc2C3)cc(-c2ccc3c4ccccc4c4ccccc4c3c2)c1. The number of halogens is 1. The maximum atomic E-state index is 15.1. The van der Waals surface area contributed by atoms with Crippen molar-refractivity contribution in [2.45, 2.75) is 16.2 Å². The first kappa shape index (κ1) is 22.6. The van der Waals surface area contributed by atoms with E-state index in [0.717, 1.165) is 28.7 Å². The maximum absolute atomic E-state index is 15.1. The van der Waals surface area contributed by atoms with Crippen LogP contribution < -0.4 is 0 Å². The highest BCUT2D eigenvalue weighted by Crippen LogP contribution is 2.42. The molecule has 0 fully saturated rings. The van der Waals surface area contributed by atoms with Crippen LogP contribution in [0.1, 0.15) is 11.1 Å². The van der Waals surface area contributed by atoms with E-state index in [1.54, 1.807) is 23.9 Å². The molecular formula is C37H23FS. The van der Waals surface area contributed by atoms with Crippen LogP contribution in [0.4, 0.5) is 4.39 Å². The predicted octanol–water partition coefficient (Wildman–Crippen LogP) is 10.7. The zero-order valence-electron chi connectivity index (χ0n) is 21.1. The van der Waals surface area contributed by atoms with E-state index in [1.165, 1.54) is 53.2 Å². The normalized spacial score (nSPS) is 12.5. The lowest BCUT2D eigenvalue weighted by molar-refractivity contribution is 0.629. The molecule has 0 N–H and O–H groups in total. The fourth-order valence-corrected chi connectivity index (χ4v) is 7.17. The zero-order valence-corrected chi connectivity index (χ0v) is 21.9. The molecule has 8 rings (SSSR count). The first-order valence-corrected chi connectivity index (χ1v) is 14.1. The van der Waals surface area contributed by atoms with Crippen LogP contribution in [-0.2, 0) is 6.42 Å². The summed E-state index contributed by atoms with van der Waals surface area (Å²) in [6, 6.07) is 44.2. The van der Waals surface area contributed by atoms with Crippen LogP contribution in [0.5, 0.6) is 0 Å². The highest BCUT2D eigenvalue weighted by Gasteiger charge is 2.17. The Balaban J connectivity index is 1.26. The average Bonchev–Trinajstić information content (AvgIpc) is 2.99. The molecule has 1 aliphatic heterocycles. The molecule has 0 saturated heterocycles. The van der Waals surface area contributed by atoms with Crippen LogP contribution in [0.3, 0.4) is 0 Å². The Morgan fingerprint density at radius 2 is 0.949 bits per heavy atom. The molecule has 7 aromatic carbocycles. The summed E-state index contributed by atoms with van der Waals surface area (Å²) in [7, 11) is 0. The Labute approximate surface area is 230 Å². The van der Waals surface area contributed by atoms with Gasteiger partial charge in [-0.2, -0.15) is 0 Å². The van der Waals surface area contributed by atoms with Crippen molar-refractivity contribution in [3.05, 3.63) is 144 Å². The Kier molecular flexibility index (Phi) is 5.11. The quantitative estimate of drug-likeness (QED) is 0.205. The van der Waals surface area contributed by atoms with Gasteiger partial charge >= 0.3 is 0 Å². The second kappa shape index (κ2) is 8.83. The molecule has 0 amide bonds. The number of benzene rings is 7. The average molecular weight is 519 g/mol. The lowest BCUT2D eigenvalue weighted by Crippen LogP contribution is -1.99. The van der Waals surface area contributed by atoms with Gasteiger partial charge in [0.15, 0.2) is 0 Å². The van der Waals surface area contributed by atoms with Crippen LogP contribution in [0.25, 0.3) is 54.6 Å². The molecule has 2 heteroatoms. The van der Waals surface area contributed by atoms with Gasteiger partial charge in [0.2, 0.25) is 0 Å². The fraction of sp³-hybridized carbons (Fsp3) is 0.0270. The number of hydrogen-bond acceptors (Lipinski definition) is 1. The molecule has 0 aliphatic carbocycles. The molecule has 0 unspecified atom stereocenters. The molecule has 0 aromatic heterocycles. The van der Waals surface area contributed by atoms with Gasteiger partial charge in [0.25, 0.3) is 0 Å². The molecule has 0 bridgehead atoms. The van der Waals surface area contributed by atoms with Crippen molar-refractivity contribution in [1.82, 2.24) is 0 Å². The van der Waals surface area contributed by atoms with Crippen molar-refractivity contribution in [2.75, 3.05) is 0 Å². The largest absolute Gasteiger partial charge is 0.207 e. The molecule has 0 nitrogen and oxygen atoms in total. The second-order valence-corrected chi connectivity index (χ2v) is 11.4. The Morgan fingerprint density at radius 3 is 1.67 bits per heavy atom. The van der Waals surface area contributed by atoms with E-state index >= 15 is 4.39 Å². The summed E-state index contributed by atoms with van der Waals surface area (Å²) in [5.74, 6) is -0.221. The fourth-order valence-electron chi connectivity index (χ4n) is 6.06. The van der Waals surface area contributed by atoms with E-state index in [9.17, 15) is 0 Å². The Morgan fingerprint density at radius 1 is 0.410 bits per heavy atom. The molecular weight excluding hydrogens is 495 g/mol. The molecule has 0 spiro atoms. The third-order valence-corrected chi connectivity index (χ3v) is 9.17. The first-order chi connectivity index (χ1) is 19.2. The summed E-state index contributed by atoms with van der Waals surface area (Å²) in [4.78, 5) is 2.55. The van der Waals surface area contributed by atoms with Crippen molar-refractivity contribution < 1.29 is 4.39 Å². The summed E-state index contributed by atoms with van der Waals surface area (Å²) in [5.41, 5.74) is 6.54. The second-order valence-electron chi connectivity index (χ2n) is 10.3. The lowest BCUT2D eigenvalue weighted by atomic mass is 9.91. The smallest absolute Gasteiger partial charge is 0.124 e. The van der Waals surface area contributed by atoms with Gasteiger partial charge < -0.3 is 0 Å². The van der Waals surface area contributed by atoms with Gasteiger partial charge in [0.1, 0.15) is 5.82 Å². The van der Waals surface area contributed by atoms with Crippen LogP contribution in [-0.4, -0.2) is 0 Å². The van der Waals surface area contributed by atoms with E-state index in [-0.39, 0.29) is 5.82 Å². The summed E-state index contributed by atoms with van der Waals surface area (Å²) >= 11 is 1.81. The monoisotopic (exact) mass is 518 g/mol. The Bertz CT molecular complexity index is 2050. The van der Waals surface area contributed by atoms with Gasteiger partial charge in [-0.25, -0.2) is 4.39 Å². The maximum Gasteiger partial charge on any atom is 0.124 e. The van der Waals surface area contributed by atoms with E-state index < -0.39 is 0 Å². The van der Waals surface area contributed by atoms with Gasteiger partial charge in [-0.05, 0) is 109 Å². The first-order valence-electron chi connectivity index (χ1n) is 13.2. The minimum atomic E-state index is -0.221. The number of rotatable bonds is 2. The molecule has 184 valence electrons. The van der Waals surface area contributed by atoms with Gasteiger partial charge in [-0.1, -0.05) is 103 Å². The highest BCUT2D eigenvalue weighted by molar-refractivity contribution is 7.99. The third kappa shape index (κ3) is 3.75. The van der Waals surface area contributed by atoms with Gasteiger partial charge in [0, 0.05) is 9.79 Å². The van der Waals surface area contributed by atoms with Gasteiger partial charge in [0.05, 0.1) is 0 Å². The van der Waals surface area contributed by atoms with Crippen molar-refractivity contribution in [2.24, 2.45) is 0 Å². The number of fused-ring (bicyclic) bond motifs is 8. The van der Waals surface area contributed by atoms with Crippen LogP contribution in [0.2, 0.25) is 0 Å². The third-order valence-electron chi connectivity index (χ3n) is 7.95. The molecule has 1 aliphatic rings. The van der Waals surface area contributed by atoms with E-state index in [4.69, 9.17) is 0 Å². The minimum Gasteiger partial charge on any atom is -0.207 e. The van der Waals surface area contributed by atoms with E-state index in [1.807, 2.05) is 0 Å². The lowest BCUT2D eigenvalue weighted by Gasteiger charge is -2.19. The van der Waals surface area contributed by atoms with Crippen molar-refractivity contribution in [3.63, 3.8) is 0 Å². The van der Waals surface area contributed by atoms with Crippen LogP contribution >= 0.6 is 11.8 Å². The zero-order chi connectivity index (χ0) is 25.9. The van der Waals surface area contributed by atoms with Crippen molar-refractivity contribution in [1.29, 1.82) is 0 Å². The molecule has 1 heterocycles. The van der Waals surface area contributed by atoms with E-state index in [2.05, 4.69) is 115 Å². The van der Waals surface area contributed by atoms with Gasteiger partial charge in [-0.3, -0.25) is 0 Å².